The lowest BCUT2D eigenvalue weighted by Gasteiger charge is -2.13. The predicted molar refractivity (Wildman–Crippen MR) is 93.6 cm³/mol. The van der Waals surface area contributed by atoms with Crippen LogP contribution in [-0.2, 0) is 0 Å². The highest BCUT2D eigenvalue weighted by molar-refractivity contribution is 6.37. The third-order valence-electron chi connectivity index (χ3n) is 3.09. The van der Waals surface area contributed by atoms with E-state index in [9.17, 15) is 9.90 Å². The number of aryl methyl sites for hydroxylation is 1. The van der Waals surface area contributed by atoms with Gasteiger partial charge >= 0.3 is 5.97 Å². The number of carboxylic acid groups (broad SMARTS) is 1. The third kappa shape index (κ3) is 4.67. The van der Waals surface area contributed by atoms with Crippen LogP contribution in [0.15, 0.2) is 30.3 Å². The maximum Gasteiger partial charge on any atom is 0.337 e. The summed E-state index contributed by atoms with van der Waals surface area (Å²) in [6.45, 7) is 2.60. The lowest BCUT2D eigenvalue weighted by molar-refractivity contribution is 0.0698. The fourth-order valence-corrected chi connectivity index (χ4v) is 2.65. The first-order valence-electron chi connectivity index (χ1n) is 6.73. The van der Waals surface area contributed by atoms with Crippen molar-refractivity contribution in [2.45, 2.75) is 6.92 Å². The van der Waals surface area contributed by atoms with Crippen LogP contribution >= 0.6 is 34.8 Å². The van der Waals surface area contributed by atoms with Crippen molar-refractivity contribution in [3.63, 3.8) is 0 Å². The molecule has 0 aromatic heterocycles. The SMILES string of the molecule is Cc1cc(OCCNc2c(Cl)cc(Cl)cc2C(=O)O)ccc1Cl. The van der Waals surface area contributed by atoms with Crippen LogP contribution in [0.2, 0.25) is 15.1 Å². The molecule has 0 radical (unpaired) electrons. The topological polar surface area (TPSA) is 58.6 Å². The average molecular weight is 375 g/mol. The normalized spacial score (nSPS) is 10.4. The number of carbonyl (C=O) groups is 1. The van der Waals surface area contributed by atoms with Gasteiger partial charge in [0, 0.05) is 16.6 Å². The van der Waals surface area contributed by atoms with Gasteiger partial charge in [0.25, 0.3) is 0 Å². The van der Waals surface area contributed by atoms with Crippen LogP contribution < -0.4 is 10.1 Å². The van der Waals surface area contributed by atoms with Crippen LogP contribution in [0, 0.1) is 6.92 Å². The highest BCUT2D eigenvalue weighted by atomic mass is 35.5. The zero-order valence-electron chi connectivity index (χ0n) is 12.2. The van der Waals surface area contributed by atoms with Crippen LogP contribution in [0.25, 0.3) is 0 Å². The standard InChI is InChI=1S/C16H14Cl3NO3/c1-9-6-11(2-3-13(9)18)23-5-4-20-15-12(16(21)22)7-10(17)8-14(15)19/h2-3,6-8,20H,4-5H2,1H3,(H,21,22). The van der Waals surface area contributed by atoms with Gasteiger partial charge in [-0.1, -0.05) is 34.8 Å². The van der Waals surface area contributed by atoms with Crippen molar-refractivity contribution in [1.82, 2.24) is 0 Å². The Morgan fingerprint density at radius 1 is 1.17 bits per heavy atom. The van der Waals surface area contributed by atoms with Crippen molar-refractivity contribution in [3.8, 4) is 5.75 Å². The van der Waals surface area contributed by atoms with Crippen LogP contribution in [0.4, 0.5) is 5.69 Å². The van der Waals surface area contributed by atoms with E-state index in [0.717, 1.165) is 5.56 Å². The Balaban J connectivity index is 1.99. The summed E-state index contributed by atoms with van der Waals surface area (Å²) in [6.07, 6.45) is 0. The summed E-state index contributed by atoms with van der Waals surface area (Å²) in [6, 6.07) is 8.20. The van der Waals surface area contributed by atoms with Crippen LogP contribution in [0.1, 0.15) is 15.9 Å². The smallest absolute Gasteiger partial charge is 0.337 e. The van der Waals surface area contributed by atoms with Crippen molar-refractivity contribution in [1.29, 1.82) is 0 Å². The zero-order chi connectivity index (χ0) is 17.0. The first-order chi connectivity index (χ1) is 10.9. The molecular weight excluding hydrogens is 361 g/mol. The molecule has 122 valence electrons. The summed E-state index contributed by atoms with van der Waals surface area (Å²) >= 11 is 17.8. The molecule has 7 heteroatoms. The second kappa shape index (κ2) is 7.77. The summed E-state index contributed by atoms with van der Waals surface area (Å²) in [5.41, 5.74) is 1.26. The number of aromatic carboxylic acids is 1. The van der Waals surface area contributed by atoms with E-state index in [1.165, 1.54) is 12.1 Å². The minimum absolute atomic E-state index is 0.0184. The Morgan fingerprint density at radius 3 is 2.57 bits per heavy atom. The number of halogens is 3. The predicted octanol–water partition coefficient (Wildman–Crippen LogP) is 5.14. The number of carboxylic acids is 1. The number of rotatable bonds is 6. The summed E-state index contributed by atoms with van der Waals surface area (Å²) in [5, 5.41) is 13.4. The van der Waals surface area contributed by atoms with Gasteiger partial charge in [-0.15, -0.1) is 0 Å². The second-order valence-electron chi connectivity index (χ2n) is 4.80. The second-order valence-corrected chi connectivity index (χ2v) is 6.05. The van der Waals surface area contributed by atoms with E-state index in [-0.39, 0.29) is 15.6 Å². The largest absolute Gasteiger partial charge is 0.492 e. The van der Waals surface area contributed by atoms with Crippen molar-refractivity contribution in [2.24, 2.45) is 0 Å². The molecule has 0 unspecified atom stereocenters. The molecule has 0 aliphatic heterocycles. The molecule has 23 heavy (non-hydrogen) atoms. The number of hydrogen-bond acceptors (Lipinski definition) is 3. The van der Waals surface area contributed by atoms with Crippen molar-refractivity contribution in [3.05, 3.63) is 56.5 Å². The van der Waals surface area contributed by atoms with Gasteiger partial charge in [0.05, 0.1) is 16.3 Å². The molecule has 4 nitrogen and oxygen atoms in total. The summed E-state index contributed by atoms with van der Waals surface area (Å²) in [7, 11) is 0. The molecule has 0 heterocycles. The van der Waals surface area contributed by atoms with Crippen molar-refractivity contribution >= 4 is 46.5 Å². The van der Waals surface area contributed by atoms with Gasteiger partial charge in [0.1, 0.15) is 12.4 Å². The highest BCUT2D eigenvalue weighted by Gasteiger charge is 2.14. The molecule has 2 N–H and O–H groups in total. The average Bonchev–Trinajstić information content (AvgIpc) is 2.48. The molecule has 0 aliphatic carbocycles. The molecular formula is C16H14Cl3NO3. The molecule has 0 amide bonds. The fraction of sp³-hybridized carbons (Fsp3) is 0.188. The van der Waals surface area contributed by atoms with Gasteiger partial charge in [-0.2, -0.15) is 0 Å². The van der Waals surface area contributed by atoms with E-state index in [1.54, 1.807) is 12.1 Å². The maximum atomic E-state index is 11.2. The van der Waals surface area contributed by atoms with E-state index in [1.807, 2.05) is 13.0 Å². The number of ether oxygens (including phenoxy) is 1. The fourth-order valence-electron chi connectivity index (χ4n) is 1.97. The molecule has 0 atom stereocenters. The maximum absolute atomic E-state index is 11.2. The van der Waals surface area contributed by atoms with Gasteiger partial charge in [-0.05, 0) is 42.8 Å². The van der Waals surface area contributed by atoms with Crippen LogP contribution in [0.3, 0.4) is 0 Å². The van der Waals surface area contributed by atoms with E-state index in [0.29, 0.717) is 29.6 Å². The molecule has 0 saturated carbocycles. The van der Waals surface area contributed by atoms with Crippen LogP contribution in [-0.4, -0.2) is 24.2 Å². The number of anilines is 1. The Bertz CT molecular complexity index is 735. The Morgan fingerprint density at radius 2 is 1.91 bits per heavy atom. The minimum Gasteiger partial charge on any atom is -0.492 e. The Hall–Kier alpha value is -1.62. The van der Waals surface area contributed by atoms with E-state index in [2.05, 4.69) is 5.32 Å². The third-order valence-corrected chi connectivity index (χ3v) is 4.03. The Kier molecular flexibility index (Phi) is 5.99. The lowest BCUT2D eigenvalue weighted by Crippen LogP contribution is -2.14. The summed E-state index contributed by atoms with van der Waals surface area (Å²) < 4.78 is 5.59. The van der Waals surface area contributed by atoms with Gasteiger partial charge < -0.3 is 15.2 Å². The lowest BCUT2D eigenvalue weighted by atomic mass is 10.2. The van der Waals surface area contributed by atoms with Gasteiger partial charge in [0.2, 0.25) is 0 Å². The zero-order valence-corrected chi connectivity index (χ0v) is 14.5. The van der Waals surface area contributed by atoms with Gasteiger partial charge in [-0.25, -0.2) is 4.79 Å². The van der Waals surface area contributed by atoms with Crippen molar-refractivity contribution < 1.29 is 14.6 Å². The van der Waals surface area contributed by atoms with Gasteiger partial charge in [-0.3, -0.25) is 0 Å². The summed E-state index contributed by atoms with van der Waals surface area (Å²) in [5.74, 6) is -0.416. The van der Waals surface area contributed by atoms with E-state index < -0.39 is 5.97 Å². The molecule has 0 aliphatic rings. The molecule has 2 aromatic carbocycles. The molecule has 0 saturated heterocycles. The highest BCUT2D eigenvalue weighted by Crippen LogP contribution is 2.30. The van der Waals surface area contributed by atoms with Gasteiger partial charge in [0.15, 0.2) is 0 Å². The number of nitrogens with one attached hydrogen (secondary N) is 1. The first kappa shape index (κ1) is 17.7. The monoisotopic (exact) mass is 373 g/mol. The van der Waals surface area contributed by atoms with Crippen molar-refractivity contribution in [2.75, 3.05) is 18.5 Å². The molecule has 0 bridgehead atoms. The molecule has 2 aromatic rings. The molecule has 0 spiro atoms. The summed E-state index contributed by atoms with van der Waals surface area (Å²) in [4.78, 5) is 11.2. The molecule has 2 rings (SSSR count). The van der Waals surface area contributed by atoms with Crippen LogP contribution in [0.5, 0.6) is 5.75 Å². The minimum atomic E-state index is -1.11. The first-order valence-corrected chi connectivity index (χ1v) is 7.87. The van der Waals surface area contributed by atoms with E-state index >= 15 is 0 Å². The quantitative estimate of drug-likeness (QED) is 0.687. The number of benzene rings is 2. The van der Waals surface area contributed by atoms with E-state index in [4.69, 9.17) is 39.5 Å². The number of hydrogen-bond donors (Lipinski definition) is 2. The molecule has 0 fully saturated rings. The Labute approximate surface area is 148 Å².